The monoisotopic (exact) mass is 1450 g/mol. The van der Waals surface area contributed by atoms with Gasteiger partial charge in [0.15, 0.2) is 5.58 Å². The number of hydrogen-bond acceptors (Lipinski definition) is 2. The molecule has 6 aromatic heterocycles. The van der Waals surface area contributed by atoms with Gasteiger partial charge >= 0.3 is 0 Å². The summed E-state index contributed by atoms with van der Waals surface area (Å²) in [5.74, 6) is 0. The van der Waals surface area contributed by atoms with Crippen molar-refractivity contribution in [2.24, 2.45) is 0 Å². The quantitative estimate of drug-likeness (QED) is 0.137. The lowest BCUT2D eigenvalue weighted by Gasteiger charge is -2.11. The molecule has 0 saturated heterocycles. The number of nitrogens with zero attached hydrogens (tertiary/aromatic N) is 4. The summed E-state index contributed by atoms with van der Waals surface area (Å²) < 4.78 is 22.8. The molecule has 0 aliphatic rings. The van der Waals surface area contributed by atoms with E-state index in [9.17, 15) is 0 Å². The molecule has 6 heterocycles. The van der Waals surface area contributed by atoms with E-state index in [4.69, 9.17) is 8.83 Å². The van der Waals surface area contributed by atoms with Gasteiger partial charge < -0.3 is 27.1 Å². The zero-order chi connectivity index (χ0) is 74.9. The first kappa shape index (κ1) is 64.7. The fourth-order valence-electron chi connectivity index (χ4n) is 18.1. The number of fused-ring (bicyclic) bond motifs is 20. The van der Waals surface area contributed by atoms with Crippen molar-refractivity contribution < 1.29 is 8.83 Å². The Bertz CT molecular complexity index is 7930. The highest BCUT2D eigenvalue weighted by Crippen LogP contribution is 2.47. The molecule has 0 N–H and O–H groups in total. The van der Waals surface area contributed by atoms with Crippen molar-refractivity contribution in [2.75, 3.05) is 0 Å². The Morgan fingerprint density at radius 1 is 0.149 bits per heavy atom. The second kappa shape index (κ2) is 26.2. The van der Waals surface area contributed by atoms with Gasteiger partial charge in [0.1, 0.15) is 16.7 Å². The van der Waals surface area contributed by atoms with Crippen molar-refractivity contribution in [2.45, 2.75) is 0 Å². The van der Waals surface area contributed by atoms with Gasteiger partial charge in [-0.25, -0.2) is 0 Å². The van der Waals surface area contributed by atoms with Gasteiger partial charge in [0.25, 0.3) is 0 Å². The first-order valence-electron chi connectivity index (χ1n) is 39.0. The first-order chi connectivity index (χ1) is 56.5. The lowest BCUT2D eigenvalue weighted by molar-refractivity contribution is 0.669. The average molecular weight is 1450 g/mol. The highest BCUT2D eigenvalue weighted by atomic mass is 16.3. The third kappa shape index (κ3) is 10.5. The van der Waals surface area contributed by atoms with Crippen LogP contribution in [0.15, 0.2) is 421 Å². The highest BCUT2D eigenvalue weighted by Gasteiger charge is 2.25. The van der Waals surface area contributed by atoms with Crippen LogP contribution in [0.4, 0.5) is 0 Å². The van der Waals surface area contributed by atoms with E-state index >= 15 is 0 Å². The molecule has 18 aromatic carbocycles. The van der Waals surface area contributed by atoms with Gasteiger partial charge in [0.05, 0.1) is 49.5 Å². The van der Waals surface area contributed by atoms with E-state index in [-0.39, 0.29) is 0 Å². The minimum atomic E-state index is 0.892. The molecule has 6 nitrogen and oxygen atoms in total. The van der Waals surface area contributed by atoms with Crippen molar-refractivity contribution in [1.29, 1.82) is 0 Å². The van der Waals surface area contributed by atoms with Crippen LogP contribution in [-0.4, -0.2) is 18.3 Å². The van der Waals surface area contributed by atoms with Crippen molar-refractivity contribution in [3.05, 3.63) is 413 Å². The number of rotatable bonds is 10. The van der Waals surface area contributed by atoms with Crippen LogP contribution in [0.5, 0.6) is 0 Å². The maximum Gasteiger partial charge on any atom is 0.160 e. The van der Waals surface area contributed by atoms with Crippen LogP contribution < -0.4 is 0 Å². The maximum absolute atomic E-state index is 6.72. The molecule has 532 valence electrons. The second-order valence-corrected chi connectivity index (χ2v) is 29.8. The van der Waals surface area contributed by atoms with Crippen LogP contribution in [0.3, 0.4) is 0 Å². The van der Waals surface area contributed by atoms with Gasteiger partial charge in [-0.05, 0) is 206 Å². The zero-order valence-corrected chi connectivity index (χ0v) is 61.9. The SMILES string of the molecule is c1ccc(-c2ccc(-n3c4ccccc4c4cc(-c5ccc6c(c5)c5ccc7c8ccccc8oc7c5n6-c5cccc(-c6ccccc6)c5)ccc43)cc2)cc1.c1ccc(-c2ccc(-n3c4ccccc4c4cc(-c5ccc6c(c5)c5ccc7oc8ccccc8c7c5n6-c5cccc(-c6ccccc6)c5)ccc43)cc2)cc1. The summed E-state index contributed by atoms with van der Waals surface area (Å²) in [5, 5.41) is 14.2. The predicted octanol–water partition coefficient (Wildman–Crippen LogP) is 29.6. The summed E-state index contributed by atoms with van der Waals surface area (Å²) in [6.45, 7) is 0. The Kier molecular flexibility index (Phi) is 14.9. The number of para-hydroxylation sites is 4. The van der Waals surface area contributed by atoms with E-state index < -0.39 is 0 Å². The van der Waals surface area contributed by atoms with Gasteiger partial charge in [0, 0.05) is 82.0 Å². The molecule has 0 bridgehead atoms. The van der Waals surface area contributed by atoms with E-state index in [0.717, 1.165) is 88.7 Å². The lowest BCUT2D eigenvalue weighted by atomic mass is 10.00. The molecule has 0 amide bonds. The van der Waals surface area contributed by atoms with Crippen LogP contribution in [0.1, 0.15) is 0 Å². The van der Waals surface area contributed by atoms with Crippen LogP contribution in [0.25, 0.3) is 221 Å². The van der Waals surface area contributed by atoms with Crippen molar-refractivity contribution in [3.63, 3.8) is 0 Å². The Balaban J connectivity index is 0.000000135. The van der Waals surface area contributed by atoms with Crippen molar-refractivity contribution in [3.8, 4) is 89.5 Å². The summed E-state index contributed by atoms with van der Waals surface area (Å²) in [7, 11) is 0. The number of hydrogen-bond donors (Lipinski definition) is 0. The first-order valence-corrected chi connectivity index (χ1v) is 39.0. The normalized spacial score (nSPS) is 11.9. The molecule has 0 aliphatic heterocycles. The molecular formula is C108H68N4O2. The molecule has 0 radical (unpaired) electrons. The minimum absolute atomic E-state index is 0.892. The van der Waals surface area contributed by atoms with Crippen LogP contribution in [0.2, 0.25) is 0 Å². The number of furan rings is 2. The number of benzene rings is 18. The van der Waals surface area contributed by atoms with Gasteiger partial charge in [-0.1, -0.05) is 273 Å². The topological polar surface area (TPSA) is 46.0 Å². The van der Waals surface area contributed by atoms with Gasteiger partial charge in [-0.3, -0.25) is 0 Å². The van der Waals surface area contributed by atoms with E-state index in [1.807, 2.05) is 12.1 Å². The van der Waals surface area contributed by atoms with E-state index in [2.05, 4.69) is 419 Å². The fraction of sp³-hybridized carbons (Fsp3) is 0. The summed E-state index contributed by atoms with van der Waals surface area (Å²) >= 11 is 0. The van der Waals surface area contributed by atoms with Crippen LogP contribution in [0, 0.1) is 0 Å². The Morgan fingerprint density at radius 3 is 0.939 bits per heavy atom. The van der Waals surface area contributed by atoms with Gasteiger partial charge in [-0.15, -0.1) is 0 Å². The molecule has 0 spiro atoms. The van der Waals surface area contributed by atoms with Gasteiger partial charge in [0.2, 0.25) is 0 Å². The second-order valence-electron chi connectivity index (χ2n) is 29.8. The molecule has 0 unspecified atom stereocenters. The largest absolute Gasteiger partial charge is 0.456 e. The Morgan fingerprint density at radius 2 is 0.465 bits per heavy atom. The maximum atomic E-state index is 6.72. The average Bonchev–Trinajstić information content (AvgIpc) is 1.56. The lowest BCUT2D eigenvalue weighted by Crippen LogP contribution is -1.95. The minimum Gasteiger partial charge on any atom is -0.456 e. The standard InChI is InChI=1S/2C54H34N2O/c1-3-12-35(13-4-1)37-22-26-41(27-23-37)55-49-20-9-7-18-43(49)47-33-39(24-30-50(47)55)40-25-31-51-48(34-40)45-28-29-46-44-19-8-10-21-52(44)57-54(46)53(45)56(51)42-17-11-16-38(32-42)36-14-5-2-6-15-36;1-3-12-35(13-4-1)37-22-26-41(27-23-37)55-48-20-9-7-18-43(48)46-33-39(24-29-49(46)55)40-25-30-50-47(34-40)44-28-31-52-53(45-19-8-10-21-51(45)57-52)54(44)56(50)42-17-11-16-38(32-42)36-14-5-2-6-15-36/h2*1-34H. The van der Waals surface area contributed by atoms with Crippen molar-refractivity contribution >= 4 is 131 Å². The van der Waals surface area contributed by atoms with Crippen LogP contribution in [-0.2, 0) is 0 Å². The molecule has 0 fully saturated rings. The Labute approximate surface area is 656 Å². The molecule has 24 rings (SSSR count). The molecule has 24 aromatic rings. The van der Waals surface area contributed by atoms with Crippen LogP contribution >= 0.6 is 0 Å². The Hall–Kier alpha value is -15.2. The van der Waals surface area contributed by atoms with E-state index in [1.165, 1.54) is 132 Å². The zero-order valence-electron chi connectivity index (χ0n) is 61.9. The van der Waals surface area contributed by atoms with E-state index in [0.29, 0.717) is 0 Å². The summed E-state index contributed by atoms with van der Waals surface area (Å²) in [6, 6.07) is 149. The summed E-state index contributed by atoms with van der Waals surface area (Å²) in [5.41, 5.74) is 31.8. The van der Waals surface area contributed by atoms with Gasteiger partial charge in [-0.2, -0.15) is 0 Å². The van der Waals surface area contributed by atoms with E-state index in [1.54, 1.807) is 0 Å². The molecule has 0 atom stereocenters. The molecule has 6 heteroatoms. The fourth-order valence-corrected chi connectivity index (χ4v) is 18.1. The molecule has 0 saturated carbocycles. The smallest absolute Gasteiger partial charge is 0.160 e. The molecule has 114 heavy (non-hydrogen) atoms. The number of aromatic nitrogens is 4. The predicted molar refractivity (Wildman–Crippen MR) is 477 cm³/mol. The summed E-state index contributed by atoms with van der Waals surface area (Å²) in [4.78, 5) is 0. The molecular weight excluding hydrogens is 1390 g/mol. The highest BCUT2D eigenvalue weighted by molar-refractivity contribution is 6.26. The molecule has 0 aliphatic carbocycles. The third-order valence-corrected chi connectivity index (χ3v) is 23.4. The third-order valence-electron chi connectivity index (χ3n) is 23.4. The van der Waals surface area contributed by atoms with Crippen molar-refractivity contribution in [1.82, 2.24) is 18.3 Å². The summed E-state index contributed by atoms with van der Waals surface area (Å²) in [6.07, 6.45) is 0.